The first-order chi connectivity index (χ1) is 15.0. The predicted molar refractivity (Wildman–Crippen MR) is 116 cm³/mol. The van der Waals surface area contributed by atoms with Gasteiger partial charge in [-0.2, -0.15) is 10.1 Å². The SMILES string of the molecule is CCN(C(=O)CN1N=C(c2nc(-c3ccccc3)no2)CCC1=O)c1cccc(C)c1. The second-order valence-corrected chi connectivity index (χ2v) is 7.26. The number of aryl methyl sites for hydroxylation is 1. The van der Waals surface area contributed by atoms with Crippen LogP contribution in [0.25, 0.3) is 11.4 Å². The summed E-state index contributed by atoms with van der Waals surface area (Å²) in [4.78, 5) is 31.4. The number of nitrogens with zero attached hydrogens (tertiary/aromatic N) is 5. The molecule has 0 fully saturated rings. The number of hydrogen-bond acceptors (Lipinski definition) is 6. The third-order valence-corrected chi connectivity index (χ3v) is 5.03. The van der Waals surface area contributed by atoms with Crippen LogP contribution in [0.4, 0.5) is 5.69 Å². The third kappa shape index (κ3) is 4.53. The molecule has 8 heteroatoms. The summed E-state index contributed by atoms with van der Waals surface area (Å²) in [6.07, 6.45) is 0.612. The van der Waals surface area contributed by atoms with Crippen molar-refractivity contribution in [2.24, 2.45) is 5.10 Å². The highest BCUT2D eigenvalue weighted by atomic mass is 16.5. The molecule has 0 saturated carbocycles. The lowest BCUT2D eigenvalue weighted by Gasteiger charge is -2.26. The fourth-order valence-corrected chi connectivity index (χ4v) is 3.44. The first-order valence-corrected chi connectivity index (χ1v) is 10.2. The van der Waals surface area contributed by atoms with Crippen molar-refractivity contribution in [3.8, 4) is 11.4 Å². The van der Waals surface area contributed by atoms with Crippen LogP contribution >= 0.6 is 0 Å². The lowest BCUT2D eigenvalue weighted by molar-refractivity contribution is -0.135. The Morgan fingerprint density at radius 1 is 1.13 bits per heavy atom. The molecule has 0 N–H and O–H groups in total. The smallest absolute Gasteiger partial charge is 0.274 e. The Morgan fingerprint density at radius 3 is 2.68 bits per heavy atom. The minimum absolute atomic E-state index is 0.149. The summed E-state index contributed by atoms with van der Waals surface area (Å²) in [7, 11) is 0. The van der Waals surface area contributed by atoms with Gasteiger partial charge < -0.3 is 9.42 Å². The number of carbonyl (C=O) groups excluding carboxylic acids is 2. The lowest BCUT2D eigenvalue weighted by atomic mass is 10.1. The molecule has 31 heavy (non-hydrogen) atoms. The molecule has 2 amide bonds. The number of likely N-dealkylation sites (N-methyl/N-ethyl adjacent to an activating group) is 1. The van der Waals surface area contributed by atoms with E-state index >= 15 is 0 Å². The molecule has 0 saturated heterocycles. The summed E-state index contributed by atoms with van der Waals surface area (Å²) < 4.78 is 5.37. The van der Waals surface area contributed by atoms with E-state index in [-0.39, 0.29) is 30.7 Å². The van der Waals surface area contributed by atoms with E-state index < -0.39 is 0 Å². The van der Waals surface area contributed by atoms with E-state index in [4.69, 9.17) is 4.52 Å². The van der Waals surface area contributed by atoms with Gasteiger partial charge in [0.05, 0.1) is 0 Å². The van der Waals surface area contributed by atoms with Crippen LogP contribution in [0.1, 0.15) is 31.2 Å². The minimum atomic E-state index is -0.208. The van der Waals surface area contributed by atoms with Gasteiger partial charge in [-0.15, -0.1) is 0 Å². The van der Waals surface area contributed by atoms with Crippen molar-refractivity contribution >= 4 is 23.2 Å². The number of carbonyl (C=O) groups is 2. The molecule has 0 spiro atoms. The van der Waals surface area contributed by atoms with Gasteiger partial charge in [0, 0.05) is 30.6 Å². The molecule has 158 valence electrons. The van der Waals surface area contributed by atoms with Crippen LogP contribution in [0.2, 0.25) is 0 Å². The molecule has 8 nitrogen and oxygen atoms in total. The van der Waals surface area contributed by atoms with Crippen molar-refractivity contribution in [1.29, 1.82) is 0 Å². The predicted octanol–water partition coefficient (Wildman–Crippen LogP) is 3.42. The van der Waals surface area contributed by atoms with E-state index in [9.17, 15) is 9.59 Å². The summed E-state index contributed by atoms with van der Waals surface area (Å²) in [5, 5.41) is 9.58. The summed E-state index contributed by atoms with van der Waals surface area (Å²) >= 11 is 0. The second kappa shape index (κ2) is 8.91. The Balaban J connectivity index is 1.53. The van der Waals surface area contributed by atoms with Crippen molar-refractivity contribution in [2.45, 2.75) is 26.7 Å². The molecule has 1 aliphatic rings. The molecule has 0 radical (unpaired) electrons. The number of benzene rings is 2. The highest BCUT2D eigenvalue weighted by Gasteiger charge is 2.28. The first-order valence-electron chi connectivity index (χ1n) is 10.2. The van der Waals surface area contributed by atoms with Crippen molar-refractivity contribution < 1.29 is 14.1 Å². The highest BCUT2D eigenvalue weighted by Crippen LogP contribution is 2.20. The maximum Gasteiger partial charge on any atom is 0.274 e. The van der Waals surface area contributed by atoms with Gasteiger partial charge in [0.2, 0.25) is 17.6 Å². The van der Waals surface area contributed by atoms with Gasteiger partial charge in [0.15, 0.2) is 0 Å². The fraction of sp³-hybridized carbons (Fsp3) is 0.261. The molecule has 1 aromatic heterocycles. The van der Waals surface area contributed by atoms with Gasteiger partial charge in [-0.25, -0.2) is 5.01 Å². The Bertz CT molecular complexity index is 1120. The van der Waals surface area contributed by atoms with E-state index in [1.54, 1.807) is 4.90 Å². The van der Waals surface area contributed by atoms with E-state index in [1.807, 2.05) is 68.4 Å². The standard InChI is InChI=1S/C23H23N5O3/c1-3-27(18-11-7-8-16(2)14-18)21(30)15-28-20(29)13-12-19(25-28)23-24-22(26-31-23)17-9-5-4-6-10-17/h4-11,14H,3,12-13,15H2,1-2H3. The van der Waals surface area contributed by atoms with Crippen molar-refractivity contribution in [2.75, 3.05) is 18.0 Å². The maximum absolute atomic E-state index is 12.9. The molecule has 4 rings (SSSR count). The normalized spacial score (nSPS) is 13.8. The van der Waals surface area contributed by atoms with Crippen molar-refractivity contribution in [1.82, 2.24) is 15.1 Å². The summed E-state index contributed by atoms with van der Waals surface area (Å²) in [6.45, 7) is 4.21. The van der Waals surface area contributed by atoms with Crippen LogP contribution in [0.5, 0.6) is 0 Å². The molecule has 0 bridgehead atoms. The summed E-state index contributed by atoms with van der Waals surface area (Å²) in [5.41, 5.74) is 3.18. The molecule has 1 aliphatic heterocycles. The Kier molecular flexibility index (Phi) is 5.88. The van der Waals surface area contributed by atoms with Gasteiger partial charge in [-0.3, -0.25) is 9.59 Å². The first kappa shape index (κ1) is 20.5. The van der Waals surface area contributed by atoms with Gasteiger partial charge >= 0.3 is 0 Å². The molecule has 3 aromatic rings. The molecule has 2 aromatic carbocycles. The number of hydrazone groups is 1. The Hall–Kier alpha value is -3.81. The molecular weight excluding hydrogens is 394 g/mol. The zero-order valence-corrected chi connectivity index (χ0v) is 17.5. The number of rotatable bonds is 6. The second-order valence-electron chi connectivity index (χ2n) is 7.26. The van der Waals surface area contributed by atoms with Crippen LogP contribution in [-0.4, -0.2) is 45.8 Å². The number of hydrogen-bond donors (Lipinski definition) is 0. The van der Waals surface area contributed by atoms with E-state index in [0.717, 1.165) is 16.8 Å². The largest absolute Gasteiger partial charge is 0.332 e. The van der Waals surface area contributed by atoms with Gasteiger partial charge in [-0.1, -0.05) is 47.6 Å². The molecule has 0 unspecified atom stereocenters. The van der Waals surface area contributed by atoms with E-state index in [0.29, 0.717) is 24.5 Å². The number of anilines is 1. The number of aromatic nitrogens is 2. The molecular formula is C23H23N5O3. The highest BCUT2D eigenvalue weighted by molar-refractivity contribution is 6.03. The third-order valence-electron chi connectivity index (χ3n) is 5.03. The van der Waals surface area contributed by atoms with E-state index in [1.165, 1.54) is 5.01 Å². The quantitative estimate of drug-likeness (QED) is 0.613. The van der Waals surface area contributed by atoms with E-state index in [2.05, 4.69) is 15.2 Å². The van der Waals surface area contributed by atoms with Crippen LogP contribution in [-0.2, 0) is 9.59 Å². The van der Waals surface area contributed by atoms with Crippen LogP contribution in [0.3, 0.4) is 0 Å². The van der Waals surface area contributed by atoms with Crippen LogP contribution in [0, 0.1) is 6.92 Å². The van der Waals surface area contributed by atoms with Gasteiger partial charge in [-0.05, 0) is 31.5 Å². The summed E-state index contributed by atoms with van der Waals surface area (Å²) in [6, 6.07) is 17.2. The average Bonchev–Trinajstić information content (AvgIpc) is 3.27. The monoisotopic (exact) mass is 417 g/mol. The van der Waals surface area contributed by atoms with Crippen LogP contribution < -0.4 is 4.90 Å². The average molecular weight is 417 g/mol. The van der Waals surface area contributed by atoms with Gasteiger partial charge in [0.25, 0.3) is 5.89 Å². The van der Waals surface area contributed by atoms with Crippen molar-refractivity contribution in [3.63, 3.8) is 0 Å². The molecule has 0 atom stereocenters. The molecule has 2 heterocycles. The maximum atomic E-state index is 12.9. The minimum Gasteiger partial charge on any atom is -0.332 e. The Labute approximate surface area is 180 Å². The fourth-order valence-electron chi connectivity index (χ4n) is 3.44. The number of amides is 2. The molecule has 0 aliphatic carbocycles. The Morgan fingerprint density at radius 2 is 1.94 bits per heavy atom. The zero-order chi connectivity index (χ0) is 21.8. The lowest BCUT2D eigenvalue weighted by Crippen LogP contribution is -2.42. The van der Waals surface area contributed by atoms with Gasteiger partial charge in [0.1, 0.15) is 12.3 Å². The van der Waals surface area contributed by atoms with Crippen LogP contribution in [0.15, 0.2) is 64.2 Å². The zero-order valence-electron chi connectivity index (χ0n) is 17.5. The topological polar surface area (TPSA) is 91.9 Å². The summed E-state index contributed by atoms with van der Waals surface area (Å²) in [5.74, 6) is 0.298. The van der Waals surface area contributed by atoms with Crippen molar-refractivity contribution in [3.05, 3.63) is 66.1 Å².